The summed E-state index contributed by atoms with van der Waals surface area (Å²) in [4.78, 5) is 20.4. The first-order chi connectivity index (χ1) is 6.16. The van der Waals surface area contributed by atoms with Crippen molar-refractivity contribution in [3.8, 4) is 0 Å². The number of carbonyl (C=O) groups excluding carboxylic acids is 1. The van der Waals surface area contributed by atoms with Gasteiger partial charge >= 0.3 is 11.8 Å². The molecule has 0 fully saturated rings. The number of nitrogens with one attached hydrogen (secondary N) is 1. The molecule has 0 radical (unpaired) electrons. The highest BCUT2D eigenvalue weighted by Crippen LogP contribution is 2.11. The van der Waals surface area contributed by atoms with Gasteiger partial charge in [0.25, 0.3) is 5.69 Å². The van der Waals surface area contributed by atoms with Crippen molar-refractivity contribution < 1.29 is 14.5 Å². The summed E-state index contributed by atoms with van der Waals surface area (Å²) >= 11 is 0. The highest BCUT2D eigenvalue weighted by Gasteiger charge is 2.26. The van der Waals surface area contributed by atoms with Gasteiger partial charge in [-0.2, -0.15) is 0 Å². The molecule has 0 aliphatic carbocycles. The van der Waals surface area contributed by atoms with E-state index in [0.717, 1.165) is 0 Å². The van der Waals surface area contributed by atoms with Crippen LogP contribution >= 0.6 is 0 Å². The minimum absolute atomic E-state index is 0.128. The van der Waals surface area contributed by atoms with E-state index in [0.29, 0.717) is 0 Å². The van der Waals surface area contributed by atoms with Crippen LogP contribution in [-0.2, 0) is 4.74 Å². The van der Waals surface area contributed by atoms with Crippen LogP contribution in [0.1, 0.15) is 17.4 Å². The maximum Gasteiger partial charge on any atom is 0.425 e. The van der Waals surface area contributed by atoms with E-state index in [4.69, 9.17) is 0 Å². The van der Waals surface area contributed by atoms with Crippen LogP contribution in [0.3, 0.4) is 0 Å². The summed E-state index contributed by atoms with van der Waals surface area (Å²) in [6.07, 6.45) is 0. The van der Waals surface area contributed by atoms with E-state index < -0.39 is 22.4 Å². The van der Waals surface area contributed by atoms with Crippen molar-refractivity contribution >= 4 is 11.8 Å². The first-order valence-electron chi connectivity index (χ1n) is 3.39. The van der Waals surface area contributed by atoms with Crippen LogP contribution in [0, 0.1) is 10.1 Å². The molecule has 0 aromatic carbocycles. The van der Waals surface area contributed by atoms with E-state index in [1.165, 1.54) is 0 Å². The van der Waals surface area contributed by atoms with E-state index in [2.05, 4.69) is 14.9 Å². The number of hydrogen-bond acceptors (Lipinski definition) is 6. The van der Waals surface area contributed by atoms with Crippen molar-refractivity contribution in [2.45, 2.75) is 6.92 Å². The fourth-order valence-electron chi connectivity index (χ4n) is 0.689. The summed E-state index contributed by atoms with van der Waals surface area (Å²) in [5.41, 5.74) is -0.410. The van der Waals surface area contributed by atoms with Crippen molar-refractivity contribution in [1.82, 2.24) is 15.4 Å². The Hall–Kier alpha value is -1.99. The number of carbonyl (C=O) groups is 1. The lowest BCUT2D eigenvalue weighted by atomic mass is 10.4. The van der Waals surface area contributed by atoms with Crippen LogP contribution in [0.15, 0.2) is 0 Å². The Morgan fingerprint density at radius 1 is 1.69 bits per heavy atom. The molecule has 0 unspecified atom stereocenters. The van der Waals surface area contributed by atoms with Crippen LogP contribution in [0.4, 0.5) is 5.82 Å². The molecule has 1 aromatic rings. The monoisotopic (exact) mass is 186 g/mol. The number of esters is 1. The summed E-state index contributed by atoms with van der Waals surface area (Å²) in [5.74, 6) is -1.48. The second-order valence-electron chi connectivity index (χ2n) is 1.97. The van der Waals surface area contributed by atoms with E-state index >= 15 is 0 Å². The molecule has 0 saturated carbocycles. The minimum Gasteiger partial charge on any atom is -0.461 e. The zero-order valence-electron chi connectivity index (χ0n) is 6.68. The molecule has 0 atom stereocenters. The predicted octanol–water partition coefficient (Wildman–Crippen LogP) is -0.110. The molecule has 8 heteroatoms. The Bertz CT molecular complexity index is 333. The second kappa shape index (κ2) is 3.61. The Kier molecular flexibility index (Phi) is 2.52. The molecule has 1 N–H and O–H groups in total. The minimum atomic E-state index is -0.858. The number of nitro groups is 1. The Balaban J connectivity index is 2.93. The smallest absolute Gasteiger partial charge is 0.425 e. The maximum atomic E-state index is 11.0. The molecule has 70 valence electrons. The molecule has 1 aromatic heterocycles. The van der Waals surface area contributed by atoms with Gasteiger partial charge in [-0.1, -0.05) is 0 Å². The number of aromatic amines is 1. The molecular formula is C5H6N4O4. The van der Waals surface area contributed by atoms with E-state index in [9.17, 15) is 14.9 Å². The van der Waals surface area contributed by atoms with Crippen molar-refractivity contribution in [1.29, 1.82) is 0 Å². The van der Waals surface area contributed by atoms with Crippen molar-refractivity contribution in [3.05, 3.63) is 15.8 Å². The molecular weight excluding hydrogens is 180 g/mol. The molecule has 0 bridgehead atoms. The van der Waals surface area contributed by atoms with Gasteiger partial charge in [-0.3, -0.25) is 0 Å². The zero-order chi connectivity index (χ0) is 9.84. The Morgan fingerprint density at radius 2 is 2.38 bits per heavy atom. The molecule has 0 aliphatic rings. The van der Waals surface area contributed by atoms with Crippen molar-refractivity contribution in [3.63, 3.8) is 0 Å². The number of hydrogen-bond donors (Lipinski definition) is 1. The number of rotatable bonds is 3. The van der Waals surface area contributed by atoms with Gasteiger partial charge in [0.2, 0.25) is 0 Å². The summed E-state index contributed by atoms with van der Waals surface area (Å²) < 4.78 is 4.51. The lowest BCUT2D eigenvalue weighted by Gasteiger charge is -1.95. The average molecular weight is 186 g/mol. The summed E-state index contributed by atoms with van der Waals surface area (Å²) in [6, 6.07) is 0. The number of ether oxygens (including phenoxy) is 1. The Labute approximate surface area is 72.0 Å². The molecule has 13 heavy (non-hydrogen) atoms. The third-order valence-corrected chi connectivity index (χ3v) is 1.17. The number of nitrogens with zero attached hydrogens (tertiary/aromatic N) is 3. The fraction of sp³-hybridized carbons (Fsp3) is 0.400. The van der Waals surface area contributed by atoms with Crippen molar-refractivity contribution in [2.75, 3.05) is 6.61 Å². The standard InChI is InChI=1S/C5H6N4O4/c1-2-13-5(10)3-4(9(11)12)7-8-6-3/h2H2,1H3,(H,6,7,8). The summed E-state index contributed by atoms with van der Waals surface area (Å²) in [5, 5.41) is 18.7. The Morgan fingerprint density at radius 3 is 2.92 bits per heavy atom. The molecule has 1 heterocycles. The molecule has 1 rings (SSSR count). The molecule has 0 saturated heterocycles. The number of aromatic nitrogens is 3. The molecule has 8 nitrogen and oxygen atoms in total. The zero-order valence-corrected chi connectivity index (χ0v) is 6.68. The van der Waals surface area contributed by atoms with Gasteiger partial charge in [-0.05, 0) is 11.8 Å². The lowest BCUT2D eigenvalue weighted by Crippen LogP contribution is -2.07. The second-order valence-corrected chi connectivity index (χ2v) is 1.97. The predicted molar refractivity (Wildman–Crippen MR) is 39.0 cm³/mol. The van der Waals surface area contributed by atoms with E-state index in [-0.39, 0.29) is 6.61 Å². The molecule has 0 aliphatic heterocycles. The van der Waals surface area contributed by atoms with Crippen molar-refractivity contribution in [2.24, 2.45) is 0 Å². The quantitative estimate of drug-likeness (QED) is 0.400. The van der Waals surface area contributed by atoms with Gasteiger partial charge in [0.05, 0.1) is 11.7 Å². The average Bonchev–Trinajstić information content (AvgIpc) is 2.52. The van der Waals surface area contributed by atoms with Gasteiger partial charge in [-0.25, -0.2) is 4.79 Å². The van der Waals surface area contributed by atoms with Gasteiger partial charge in [-0.15, -0.1) is 10.3 Å². The van der Waals surface area contributed by atoms with Crippen LogP contribution in [0.5, 0.6) is 0 Å². The van der Waals surface area contributed by atoms with E-state index in [1.54, 1.807) is 6.92 Å². The van der Waals surface area contributed by atoms with Gasteiger partial charge in [0, 0.05) is 0 Å². The highest BCUT2D eigenvalue weighted by atomic mass is 16.6. The maximum absolute atomic E-state index is 11.0. The van der Waals surface area contributed by atoms with E-state index in [1.807, 2.05) is 5.21 Å². The molecule has 0 amide bonds. The summed E-state index contributed by atoms with van der Waals surface area (Å²) in [6.45, 7) is 1.71. The lowest BCUT2D eigenvalue weighted by molar-refractivity contribution is -0.389. The first kappa shape index (κ1) is 9.10. The fourth-order valence-corrected chi connectivity index (χ4v) is 0.689. The third-order valence-electron chi connectivity index (χ3n) is 1.17. The van der Waals surface area contributed by atoms with Crippen LogP contribution < -0.4 is 0 Å². The van der Waals surface area contributed by atoms with Gasteiger partial charge < -0.3 is 14.9 Å². The first-order valence-corrected chi connectivity index (χ1v) is 3.39. The highest BCUT2D eigenvalue weighted by molar-refractivity contribution is 5.90. The molecule has 0 spiro atoms. The van der Waals surface area contributed by atoms with Crippen LogP contribution in [0.25, 0.3) is 0 Å². The van der Waals surface area contributed by atoms with Gasteiger partial charge in [0.15, 0.2) is 0 Å². The van der Waals surface area contributed by atoms with Gasteiger partial charge in [0.1, 0.15) is 0 Å². The van der Waals surface area contributed by atoms with Crippen LogP contribution in [0.2, 0.25) is 0 Å². The normalized spacial score (nSPS) is 9.62. The summed E-state index contributed by atoms with van der Waals surface area (Å²) in [7, 11) is 0. The topological polar surface area (TPSA) is 111 Å². The van der Waals surface area contributed by atoms with Crippen LogP contribution in [-0.4, -0.2) is 32.9 Å². The SMILES string of the molecule is CCOC(=O)c1n[nH]nc1[N+](=O)[O-]. The number of H-pyrrole nitrogens is 1. The largest absolute Gasteiger partial charge is 0.461 e. The third kappa shape index (κ3) is 1.78.